The molecule has 0 atom stereocenters. The molecule has 11 heteroatoms. The van der Waals surface area contributed by atoms with Crippen LogP contribution in [0.1, 0.15) is 29.9 Å². The molecule has 33 heavy (non-hydrogen) atoms. The van der Waals surface area contributed by atoms with Crippen LogP contribution in [0, 0.1) is 0 Å². The second-order valence-electron chi connectivity index (χ2n) is 7.85. The first kappa shape index (κ1) is 22.9. The highest BCUT2D eigenvalue weighted by Gasteiger charge is 2.21. The van der Waals surface area contributed by atoms with Crippen LogP contribution in [0.5, 0.6) is 0 Å². The second-order valence-corrected chi connectivity index (χ2v) is 8.21. The Bertz CT molecular complexity index is 1300. The number of H-pyrrole nitrogens is 1. The maximum absolute atomic E-state index is 12.4. The number of hydrogen-bond donors (Lipinski definition) is 2. The summed E-state index contributed by atoms with van der Waals surface area (Å²) in [5.41, 5.74) is 1.95. The number of aromatic amines is 1. The first-order valence-corrected chi connectivity index (χ1v) is 11.3. The monoisotopic (exact) mass is 471 g/mol. The minimum Gasteiger partial charge on any atom is -0.366 e. The fraction of sp³-hybridized carbons (Fsp3) is 0.409. The van der Waals surface area contributed by atoms with Gasteiger partial charge in [-0.3, -0.25) is 19.1 Å². The third-order valence-electron chi connectivity index (χ3n) is 5.71. The summed E-state index contributed by atoms with van der Waals surface area (Å²) >= 11 is 6.36. The summed E-state index contributed by atoms with van der Waals surface area (Å²) in [6, 6.07) is 5.34. The van der Waals surface area contributed by atoms with Crippen LogP contribution < -0.4 is 21.5 Å². The van der Waals surface area contributed by atoms with Gasteiger partial charge in [0.05, 0.1) is 11.2 Å². The summed E-state index contributed by atoms with van der Waals surface area (Å²) in [5.74, 6) is -0.241. The molecule has 4 rings (SSSR count). The van der Waals surface area contributed by atoms with E-state index in [0.29, 0.717) is 36.0 Å². The van der Waals surface area contributed by atoms with Crippen LogP contribution in [0.15, 0.2) is 34.0 Å². The van der Waals surface area contributed by atoms with Gasteiger partial charge >= 0.3 is 5.69 Å². The number of carbonyl (C=O) groups is 1. The van der Waals surface area contributed by atoms with Gasteiger partial charge in [0.15, 0.2) is 10.7 Å². The topological polar surface area (TPSA) is 116 Å². The molecule has 0 radical (unpaired) electrons. The average molecular weight is 472 g/mol. The van der Waals surface area contributed by atoms with Crippen molar-refractivity contribution < 1.29 is 4.79 Å². The number of amides is 1. The number of nitrogens with zero attached hydrogens (tertiary/aromatic N) is 5. The normalized spacial score (nSPS) is 14.6. The van der Waals surface area contributed by atoms with E-state index in [-0.39, 0.29) is 17.0 Å². The molecule has 1 aliphatic heterocycles. The molecule has 1 amide bonds. The zero-order chi connectivity index (χ0) is 23.5. The maximum Gasteiger partial charge on any atom is 0.328 e. The van der Waals surface area contributed by atoms with Crippen molar-refractivity contribution in [2.45, 2.75) is 26.9 Å². The molecule has 0 bridgehead atoms. The molecule has 0 aromatic carbocycles. The molecule has 174 valence electrons. The lowest BCUT2D eigenvalue weighted by Gasteiger charge is -2.36. The van der Waals surface area contributed by atoms with Gasteiger partial charge in [-0.2, -0.15) is 0 Å². The second kappa shape index (κ2) is 9.72. The Morgan fingerprint density at radius 1 is 1.18 bits per heavy atom. The van der Waals surface area contributed by atoms with Gasteiger partial charge in [-0.05, 0) is 37.6 Å². The van der Waals surface area contributed by atoms with E-state index in [4.69, 9.17) is 11.6 Å². The number of rotatable bonds is 6. The summed E-state index contributed by atoms with van der Waals surface area (Å²) in [7, 11) is 0. The molecular formula is C22H26ClN7O3. The molecule has 0 aliphatic carbocycles. The predicted octanol–water partition coefficient (Wildman–Crippen LogP) is 1.23. The summed E-state index contributed by atoms with van der Waals surface area (Å²) in [6.07, 6.45) is 1.69. The van der Waals surface area contributed by atoms with Crippen LogP contribution in [-0.2, 0) is 13.1 Å². The Labute approximate surface area is 195 Å². The minimum absolute atomic E-state index is 0.241. The zero-order valence-electron chi connectivity index (χ0n) is 18.6. The van der Waals surface area contributed by atoms with Crippen LogP contribution >= 0.6 is 11.6 Å². The number of piperazine rings is 1. The molecule has 0 saturated carbocycles. The first-order chi connectivity index (χ1) is 15.9. The number of nitrogens with one attached hydrogen (secondary N) is 2. The maximum atomic E-state index is 12.4. The van der Waals surface area contributed by atoms with Gasteiger partial charge in [-0.1, -0.05) is 11.6 Å². The predicted molar refractivity (Wildman–Crippen MR) is 127 cm³/mol. The number of fused-ring (bicyclic) bond motifs is 1. The zero-order valence-corrected chi connectivity index (χ0v) is 19.4. The molecule has 0 spiro atoms. The van der Waals surface area contributed by atoms with E-state index in [1.54, 1.807) is 19.2 Å². The van der Waals surface area contributed by atoms with Crippen LogP contribution in [0.4, 0.5) is 5.69 Å². The van der Waals surface area contributed by atoms with E-state index < -0.39 is 5.69 Å². The lowest BCUT2D eigenvalue weighted by molar-refractivity contribution is 0.0951. The molecule has 0 unspecified atom stereocenters. The highest BCUT2D eigenvalue weighted by Crippen LogP contribution is 2.25. The number of hydrogen-bond acceptors (Lipinski definition) is 7. The SMILES string of the molecule is CCNC(=O)c1ccc(N2CCN(Cc3cnc4c(=O)n(CC)c(=O)[nH]c4c3)CC2)c(Cl)n1. The number of aromatic nitrogens is 4. The molecule has 1 saturated heterocycles. The quantitative estimate of drug-likeness (QED) is 0.519. The Hall–Kier alpha value is -3.24. The number of pyridine rings is 2. The molecule has 4 heterocycles. The molecule has 10 nitrogen and oxygen atoms in total. The Kier molecular flexibility index (Phi) is 6.75. The van der Waals surface area contributed by atoms with Crippen LogP contribution in [0.25, 0.3) is 11.0 Å². The number of carbonyl (C=O) groups excluding carboxylic acids is 1. The number of anilines is 1. The van der Waals surface area contributed by atoms with E-state index >= 15 is 0 Å². The fourth-order valence-corrected chi connectivity index (χ4v) is 4.27. The van der Waals surface area contributed by atoms with E-state index in [1.165, 1.54) is 0 Å². The van der Waals surface area contributed by atoms with E-state index in [0.717, 1.165) is 42.0 Å². The van der Waals surface area contributed by atoms with Gasteiger partial charge in [0.25, 0.3) is 11.5 Å². The Morgan fingerprint density at radius 2 is 1.94 bits per heavy atom. The highest BCUT2D eigenvalue weighted by atomic mass is 35.5. The van der Waals surface area contributed by atoms with Crippen LogP contribution in [0.2, 0.25) is 5.15 Å². The van der Waals surface area contributed by atoms with Crippen molar-refractivity contribution in [2.75, 3.05) is 37.6 Å². The van der Waals surface area contributed by atoms with Crippen LogP contribution in [-0.4, -0.2) is 63.0 Å². The van der Waals surface area contributed by atoms with Gasteiger partial charge in [0, 0.05) is 52.0 Å². The largest absolute Gasteiger partial charge is 0.366 e. The van der Waals surface area contributed by atoms with Gasteiger partial charge in [-0.15, -0.1) is 0 Å². The van der Waals surface area contributed by atoms with Gasteiger partial charge in [0.2, 0.25) is 0 Å². The van der Waals surface area contributed by atoms with Gasteiger partial charge < -0.3 is 15.2 Å². The summed E-state index contributed by atoms with van der Waals surface area (Å²) in [6.45, 7) is 8.16. The summed E-state index contributed by atoms with van der Waals surface area (Å²) in [4.78, 5) is 52.2. The van der Waals surface area contributed by atoms with Crippen molar-refractivity contribution in [3.63, 3.8) is 0 Å². The lowest BCUT2D eigenvalue weighted by Crippen LogP contribution is -2.46. The fourth-order valence-electron chi connectivity index (χ4n) is 4.00. The van der Waals surface area contributed by atoms with Crippen molar-refractivity contribution in [3.8, 4) is 0 Å². The molecule has 1 fully saturated rings. The third-order valence-corrected chi connectivity index (χ3v) is 5.99. The highest BCUT2D eigenvalue weighted by molar-refractivity contribution is 6.32. The molecule has 1 aliphatic rings. The van der Waals surface area contributed by atoms with Crippen molar-refractivity contribution in [1.82, 2.24) is 29.7 Å². The lowest BCUT2D eigenvalue weighted by atomic mass is 10.2. The van der Waals surface area contributed by atoms with E-state index in [2.05, 4.69) is 30.1 Å². The standard InChI is InChI=1S/C22H26ClN7O3/c1-3-24-20(31)15-5-6-17(19(23)26-15)29-9-7-28(8-10-29)13-14-11-16-18(25-12-14)21(32)30(4-2)22(33)27-16/h5-6,11-12H,3-4,7-10,13H2,1-2H3,(H,24,31)(H,27,33). The molecule has 3 aromatic heterocycles. The molecule has 2 N–H and O–H groups in total. The van der Waals surface area contributed by atoms with Crippen molar-refractivity contribution in [3.05, 3.63) is 61.6 Å². The molecular weight excluding hydrogens is 446 g/mol. The van der Waals surface area contributed by atoms with Crippen molar-refractivity contribution in [1.29, 1.82) is 0 Å². The van der Waals surface area contributed by atoms with Crippen molar-refractivity contribution >= 4 is 34.2 Å². The van der Waals surface area contributed by atoms with Gasteiger partial charge in [0.1, 0.15) is 5.69 Å². The average Bonchev–Trinajstić information content (AvgIpc) is 2.80. The summed E-state index contributed by atoms with van der Waals surface area (Å²) < 4.78 is 1.14. The van der Waals surface area contributed by atoms with Crippen LogP contribution in [0.3, 0.4) is 0 Å². The Balaban J connectivity index is 1.42. The first-order valence-electron chi connectivity index (χ1n) is 10.9. The summed E-state index contributed by atoms with van der Waals surface area (Å²) in [5, 5.41) is 3.03. The molecule has 3 aromatic rings. The van der Waals surface area contributed by atoms with Gasteiger partial charge in [-0.25, -0.2) is 14.8 Å². The minimum atomic E-state index is -0.425. The number of halogens is 1. The van der Waals surface area contributed by atoms with E-state index in [1.807, 2.05) is 19.1 Å². The third kappa shape index (κ3) is 4.76. The Morgan fingerprint density at radius 3 is 2.61 bits per heavy atom. The van der Waals surface area contributed by atoms with Crippen molar-refractivity contribution in [2.24, 2.45) is 0 Å². The van der Waals surface area contributed by atoms with E-state index in [9.17, 15) is 14.4 Å². The smallest absolute Gasteiger partial charge is 0.328 e.